The lowest BCUT2D eigenvalue weighted by Gasteiger charge is -2.43. The van der Waals surface area contributed by atoms with Crippen molar-refractivity contribution in [3.05, 3.63) is 29.8 Å². The Morgan fingerprint density at radius 2 is 1.72 bits per heavy atom. The quantitative estimate of drug-likeness (QED) is 0.113. The summed E-state index contributed by atoms with van der Waals surface area (Å²) >= 11 is 0. The second-order valence-electron chi connectivity index (χ2n) is 8.82. The molecule has 15 nitrogen and oxygen atoms in total. The maximum Gasteiger partial charge on any atom is 0.331 e. The highest BCUT2D eigenvalue weighted by molar-refractivity contribution is 5.87. The van der Waals surface area contributed by atoms with E-state index in [0.29, 0.717) is 5.56 Å². The predicted molar refractivity (Wildman–Crippen MR) is 126 cm³/mol. The average Bonchev–Trinajstić information content (AvgIpc) is 3.19. The number of phenols is 1. The second-order valence-corrected chi connectivity index (χ2v) is 8.82. The molecule has 3 rings (SSSR count). The summed E-state index contributed by atoms with van der Waals surface area (Å²) in [7, 11) is 1.34. The van der Waals surface area contributed by atoms with Crippen LogP contribution in [0.3, 0.4) is 0 Å². The Hall–Kier alpha value is -2.86. The summed E-state index contributed by atoms with van der Waals surface area (Å²) in [5.41, 5.74) is 0.431. The molecule has 39 heavy (non-hydrogen) atoms. The van der Waals surface area contributed by atoms with Crippen molar-refractivity contribution in [3.8, 4) is 11.5 Å². The van der Waals surface area contributed by atoms with Crippen molar-refractivity contribution in [1.82, 2.24) is 0 Å². The molecule has 7 N–H and O–H groups in total. The van der Waals surface area contributed by atoms with Gasteiger partial charge in [-0.1, -0.05) is 6.07 Å². The van der Waals surface area contributed by atoms with Crippen LogP contribution in [0, 0.1) is 0 Å². The summed E-state index contributed by atoms with van der Waals surface area (Å²) in [5, 5.41) is 69.9. The first-order valence-corrected chi connectivity index (χ1v) is 11.8. The standard InChI is InChI=1S/C24H32O15/c1-11(28)35-21-16(9-26)38-24(10-27,39-23-20(33)19(32)18(31)15(8-25)36-23)22(21)37-17(30)6-4-12-3-5-13(29)14(7-12)34-2/h3-7,15-16,18-23,25-27,29,31-33H,8-10H2,1-2H3/b6-4+/t15-,16+,18-,19-,20-,21+,22+,23-,24+/m1/s1. The second kappa shape index (κ2) is 13.0. The first-order valence-electron chi connectivity index (χ1n) is 11.8. The molecule has 0 aliphatic carbocycles. The first-order chi connectivity index (χ1) is 18.5. The number of hydrogen-bond donors (Lipinski definition) is 7. The van der Waals surface area contributed by atoms with Crippen LogP contribution in [0.2, 0.25) is 0 Å². The summed E-state index contributed by atoms with van der Waals surface area (Å²) in [6, 6.07) is 4.24. The maximum absolute atomic E-state index is 12.8. The van der Waals surface area contributed by atoms with Gasteiger partial charge in [-0.15, -0.1) is 0 Å². The number of aliphatic hydroxyl groups is 6. The van der Waals surface area contributed by atoms with E-state index in [1.807, 2.05) is 0 Å². The van der Waals surface area contributed by atoms with Gasteiger partial charge in [0.05, 0.1) is 20.3 Å². The molecule has 15 heteroatoms. The fraction of sp³-hybridized carbons (Fsp3) is 0.583. The molecule has 2 heterocycles. The Bertz CT molecular complexity index is 1030. The number of carbonyl (C=O) groups excluding carboxylic acids is 2. The smallest absolute Gasteiger partial charge is 0.331 e. The van der Waals surface area contributed by atoms with Gasteiger partial charge in [0.1, 0.15) is 37.1 Å². The van der Waals surface area contributed by atoms with E-state index in [4.69, 9.17) is 28.4 Å². The molecule has 218 valence electrons. The molecule has 0 unspecified atom stereocenters. The lowest BCUT2D eigenvalue weighted by atomic mass is 9.99. The normalized spacial score (nSPS) is 34.7. The molecular weight excluding hydrogens is 528 g/mol. The molecule has 2 aliphatic heterocycles. The number of methoxy groups -OCH3 is 1. The van der Waals surface area contributed by atoms with Crippen LogP contribution in [0.15, 0.2) is 24.3 Å². The molecule has 9 atom stereocenters. The Morgan fingerprint density at radius 3 is 2.31 bits per heavy atom. The topological polar surface area (TPSA) is 231 Å². The summed E-state index contributed by atoms with van der Waals surface area (Å²) < 4.78 is 32.2. The molecule has 2 saturated heterocycles. The maximum atomic E-state index is 12.8. The van der Waals surface area contributed by atoms with E-state index in [-0.39, 0.29) is 11.5 Å². The molecule has 0 radical (unpaired) electrons. The van der Waals surface area contributed by atoms with Gasteiger partial charge < -0.3 is 64.2 Å². The van der Waals surface area contributed by atoms with Gasteiger partial charge in [0.2, 0.25) is 5.79 Å². The van der Waals surface area contributed by atoms with Crippen LogP contribution in [0.25, 0.3) is 6.08 Å². The van der Waals surface area contributed by atoms with Gasteiger partial charge in [0, 0.05) is 13.0 Å². The van der Waals surface area contributed by atoms with Gasteiger partial charge in [-0.05, 0) is 23.8 Å². The van der Waals surface area contributed by atoms with Gasteiger partial charge in [0.15, 0.2) is 30.0 Å². The summed E-state index contributed by atoms with van der Waals surface area (Å²) in [6.45, 7) is -1.61. The van der Waals surface area contributed by atoms with E-state index in [9.17, 15) is 45.3 Å². The molecule has 0 saturated carbocycles. The largest absolute Gasteiger partial charge is 0.504 e. The van der Waals surface area contributed by atoms with Crippen molar-refractivity contribution in [2.75, 3.05) is 26.9 Å². The summed E-state index contributed by atoms with van der Waals surface area (Å²) in [4.78, 5) is 24.6. The van der Waals surface area contributed by atoms with Crippen LogP contribution in [-0.2, 0) is 33.3 Å². The number of benzene rings is 1. The van der Waals surface area contributed by atoms with E-state index in [2.05, 4.69) is 0 Å². The number of aliphatic hydroxyl groups excluding tert-OH is 6. The predicted octanol–water partition coefficient (Wildman–Crippen LogP) is -2.85. The van der Waals surface area contributed by atoms with Crippen molar-refractivity contribution in [1.29, 1.82) is 0 Å². The number of hydrogen-bond acceptors (Lipinski definition) is 15. The van der Waals surface area contributed by atoms with Crippen LogP contribution in [0.1, 0.15) is 12.5 Å². The number of aromatic hydroxyl groups is 1. The van der Waals surface area contributed by atoms with E-state index in [1.54, 1.807) is 0 Å². The third-order valence-corrected chi connectivity index (χ3v) is 6.17. The van der Waals surface area contributed by atoms with Gasteiger partial charge in [0.25, 0.3) is 0 Å². The van der Waals surface area contributed by atoms with Gasteiger partial charge in [-0.3, -0.25) is 4.79 Å². The van der Waals surface area contributed by atoms with Gasteiger partial charge in [-0.25, -0.2) is 4.79 Å². The minimum Gasteiger partial charge on any atom is -0.504 e. The zero-order valence-corrected chi connectivity index (χ0v) is 21.0. The van der Waals surface area contributed by atoms with Gasteiger partial charge >= 0.3 is 11.9 Å². The lowest BCUT2D eigenvalue weighted by molar-refractivity contribution is -0.383. The SMILES string of the molecule is COc1cc(/C=C/C(=O)O[C@H]2[C@@H](OC(C)=O)[C@H](CO)O[C@@]2(CO)O[C@H]2O[C@H](CO)[C@@H](O)[C@@H](O)[C@H]2O)ccc1O. The zero-order valence-electron chi connectivity index (χ0n) is 21.0. The molecule has 1 aromatic rings. The lowest BCUT2D eigenvalue weighted by Crippen LogP contribution is -2.63. The molecule has 0 spiro atoms. The molecule has 0 aromatic heterocycles. The molecule has 1 aromatic carbocycles. The van der Waals surface area contributed by atoms with Crippen LogP contribution in [-0.4, -0.2) is 129 Å². The van der Waals surface area contributed by atoms with Crippen molar-refractivity contribution in [2.45, 2.75) is 61.7 Å². The van der Waals surface area contributed by atoms with E-state index in [1.165, 1.54) is 31.4 Å². The Labute approximate surface area is 222 Å². The third kappa shape index (κ3) is 6.66. The van der Waals surface area contributed by atoms with Crippen molar-refractivity contribution < 1.29 is 73.8 Å². The van der Waals surface area contributed by atoms with Crippen LogP contribution in [0.4, 0.5) is 0 Å². The zero-order chi connectivity index (χ0) is 28.9. The van der Waals surface area contributed by atoms with E-state index in [0.717, 1.165) is 13.0 Å². The Balaban J connectivity index is 1.91. The third-order valence-electron chi connectivity index (χ3n) is 6.17. The average molecular weight is 561 g/mol. The molecule has 2 aliphatic rings. The first kappa shape index (κ1) is 30.7. The number of carbonyl (C=O) groups is 2. The highest BCUT2D eigenvalue weighted by Gasteiger charge is 2.62. The monoisotopic (exact) mass is 560 g/mol. The minimum absolute atomic E-state index is 0.127. The minimum atomic E-state index is -2.41. The van der Waals surface area contributed by atoms with Crippen molar-refractivity contribution >= 4 is 18.0 Å². The fourth-order valence-electron chi connectivity index (χ4n) is 4.21. The number of ether oxygens (including phenoxy) is 6. The molecule has 2 fully saturated rings. The van der Waals surface area contributed by atoms with Gasteiger partial charge in [-0.2, -0.15) is 0 Å². The number of phenolic OH excluding ortho intramolecular Hbond substituents is 1. The van der Waals surface area contributed by atoms with E-state index < -0.39 is 86.6 Å². The Morgan fingerprint density at radius 1 is 1.03 bits per heavy atom. The van der Waals surface area contributed by atoms with Crippen LogP contribution >= 0.6 is 0 Å². The molecule has 0 bridgehead atoms. The van der Waals surface area contributed by atoms with Crippen molar-refractivity contribution in [2.24, 2.45) is 0 Å². The Kier molecular flexibility index (Phi) is 10.2. The van der Waals surface area contributed by atoms with Crippen LogP contribution < -0.4 is 4.74 Å². The number of rotatable bonds is 10. The fourth-order valence-corrected chi connectivity index (χ4v) is 4.21. The highest BCUT2D eigenvalue weighted by Crippen LogP contribution is 2.39. The summed E-state index contributed by atoms with van der Waals surface area (Å²) in [6.07, 6.45) is -11.1. The van der Waals surface area contributed by atoms with Crippen LogP contribution in [0.5, 0.6) is 11.5 Å². The summed E-state index contributed by atoms with van der Waals surface area (Å²) in [5.74, 6) is -4.29. The molecular formula is C24H32O15. The van der Waals surface area contributed by atoms with Crippen molar-refractivity contribution in [3.63, 3.8) is 0 Å². The highest BCUT2D eigenvalue weighted by atomic mass is 16.8. The molecule has 0 amide bonds. The number of esters is 2. The van der Waals surface area contributed by atoms with E-state index >= 15 is 0 Å².